The van der Waals surface area contributed by atoms with Gasteiger partial charge in [-0.15, -0.1) is 0 Å². The first-order valence-corrected chi connectivity index (χ1v) is 43.1. The highest BCUT2D eigenvalue weighted by molar-refractivity contribution is 5.70. The molecule has 1 N–H and O–H groups in total. The molecule has 0 aromatic carbocycles. The maximum absolute atomic E-state index is 12.4. The minimum Gasteiger partial charge on any atom is -0.462 e. The number of carbonyl (C=O) groups excluding carboxylic acids is 2. The van der Waals surface area contributed by atoms with Gasteiger partial charge in [0, 0.05) is 12.8 Å². The highest BCUT2D eigenvalue weighted by atomic mass is 16.6. The zero-order chi connectivity index (χ0) is 65.4. The highest BCUT2D eigenvalue weighted by Crippen LogP contribution is 2.22. The molecule has 0 fully saturated rings. The van der Waals surface area contributed by atoms with Crippen molar-refractivity contribution < 1.29 is 24.2 Å². The number of unbranched alkanes of at least 4 members (excludes halogenated alkanes) is 75. The maximum atomic E-state index is 12.4. The van der Waals surface area contributed by atoms with E-state index in [0.29, 0.717) is 12.8 Å². The van der Waals surface area contributed by atoms with Crippen LogP contribution >= 0.6 is 0 Å². The number of hydrogen-bond donors (Lipinski definition) is 1. The Bertz CT molecular complexity index is 1320. The summed E-state index contributed by atoms with van der Waals surface area (Å²) in [4.78, 5) is 24.7. The maximum Gasteiger partial charge on any atom is 0.306 e. The van der Waals surface area contributed by atoms with Crippen molar-refractivity contribution in [3.63, 3.8) is 0 Å². The van der Waals surface area contributed by atoms with Gasteiger partial charge in [-0.25, -0.2) is 0 Å². The Labute approximate surface area is 573 Å². The van der Waals surface area contributed by atoms with E-state index in [1.54, 1.807) is 0 Å². The van der Waals surface area contributed by atoms with Gasteiger partial charge in [-0.1, -0.05) is 495 Å². The molecule has 0 saturated carbocycles. The molecule has 0 rings (SSSR count). The van der Waals surface area contributed by atoms with Crippen molar-refractivity contribution in [3.05, 3.63) is 0 Å². The van der Waals surface area contributed by atoms with Gasteiger partial charge in [-0.2, -0.15) is 0 Å². The van der Waals surface area contributed by atoms with Gasteiger partial charge >= 0.3 is 11.9 Å². The Hall–Kier alpha value is -1.10. The van der Waals surface area contributed by atoms with Gasteiger partial charge in [0.1, 0.15) is 6.61 Å². The summed E-state index contributed by atoms with van der Waals surface area (Å²) in [6.45, 7) is 4.24. The van der Waals surface area contributed by atoms with E-state index >= 15 is 0 Å². The standard InChI is InChI=1S/C86H170O5/c1-3-5-7-9-11-13-15-17-19-21-23-25-27-29-31-33-35-37-39-41-43-45-47-49-51-53-55-57-59-61-63-65-67-69-71-73-75-77-79-81-86(89)91-84(82-87)83-90-85(88)80-78-76-74-72-70-68-66-64-62-60-58-56-54-52-50-48-46-44-42-40-38-36-34-32-30-28-26-24-22-20-18-16-14-12-10-8-6-4-2/h84,87H,3-83H2,1-2H3. The van der Waals surface area contributed by atoms with Gasteiger partial charge in [0.15, 0.2) is 6.10 Å². The summed E-state index contributed by atoms with van der Waals surface area (Å²) in [7, 11) is 0. The molecule has 91 heavy (non-hydrogen) atoms. The van der Waals surface area contributed by atoms with Gasteiger partial charge < -0.3 is 14.6 Å². The molecule has 0 aliphatic rings. The molecule has 0 bridgehead atoms. The van der Waals surface area contributed by atoms with E-state index in [2.05, 4.69) is 13.8 Å². The summed E-state index contributed by atoms with van der Waals surface area (Å²) < 4.78 is 10.8. The van der Waals surface area contributed by atoms with Gasteiger partial charge in [0.05, 0.1) is 6.61 Å². The third-order valence-corrected chi connectivity index (χ3v) is 20.7. The van der Waals surface area contributed by atoms with Crippen LogP contribution in [-0.2, 0) is 19.1 Å². The topological polar surface area (TPSA) is 72.8 Å². The first kappa shape index (κ1) is 89.9. The number of aliphatic hydroxyl groups is 1. The van der Waals surface area contributed by atoms with E-state index in [1.165, 1.54) is 462 Å². The average Bonchev–Trinajstić information content (AvgIpc) is 3.67. The lowest BCUT2D eigenvalue weighted by Crippen LogP contribution is -2.28. The van der Waals surface area contributed by atoms with Crippen LogP contribution in [0.5, 0.6) is 0 Å². The Balaban J connectivity index is 3.31. The van der Waals surface area contributed by atoms with Gasteiger partial charge in [-0.05, 0) is 12.8 Å². The van der Waals surface area contributed by atoms with Crippen molar-refractivity contribution in [2.75, 3.05) is 13.2 Å². The van der Waals surface area contributed by atoms with Crippen molar-refractivity contribution in [1.29, 1.82) is 0 Å². The molecule has 0 amide bonds. The van der Waals surface area contributed by atoms with E-state index in [4.69, 9.17) is 9.47 Å². The molecule has 5 heteroatoms. The predicted octanol–water partition coefficient (Wildman–Crippen LogP) is 30.3. The van der Waals surface area contributed by atoms with Crippen LogP contribution in [0.25, 0.3) is 0 Å². The molecule has 0 aromatic rings. The van der Waals surface area contributed by atoms with Crippen LogP contribution in [-0.4, -0.2) is 36.4 Å². The number of aliphatic hydroxyl groups excluding tert-OH is 1. The van der Waals surface area contributed by atoms with E-state index in [0.717, 1.165) is 32.1 Å². The Morgan fingerprint density at radius 3 is 0.484 bits per heavy atom. The second-order valence-corrected chi connectivity index (χ2v) is 30.0. The van der Waals surface area contributed by atoms with Crippen LogP contribution in [0.2, 0.25) is 0 Å². The van der Waals surface area contributed by atoms with Crippen molar-refractivity contribution in [2.45, 2.75) is 527 Å². The Morgan fingerprint density at radius 1 is 0.209 bits per heavy atom. The fourth-order valence-electron chi connectivity index (χ4n) is 14.2. The Kier molecular flexibility index (Phi) is 82.1. The minimum absolute atomic E-state index is 0.0550. The van der Waals surface area contributed by atoms with E-state index in [1.807, 2.05) is 0 Å². The van der Waals surface area contributed by atoms with Gasteiger partial charge in [-0.3, -0.25) is 9.59 Å². The zero-order valence-corrected chi connectivity index (χ0v) is 62.9. The first-order valence-electron chi connectivity index (χ1n) is 43.1. The SMILES string of the molecule is CCCCCCCCCCCCCCCCCCCCCCCCCCCCCCCCCCCCCCCCCC(=O)OC(CO)COC(=O)CCCCCCCCCCCCCCCCCCCCCCCCCCCCCCCCCCCCCCCC. The summed E-state index contributed by atoms with van der Waals surface area (Å²) in [5.41, 5.74) is 0. The van der Waals surface area contributed by atoms with Crippen molar-refractivity contribution in [3.8, 4) is 0 Å². The quantitative estimate of drug-likeness (QED) is 0.0485. The fourth-order valence-corrected chi connectivity index (χ4v) is 14.2. The molecule has 544 valence electrons. The third-order valence-electron chi connectivity index (χ3n) is 20.7. The second-order valence-electron chi connectivity index (χ2n) is 30.0. The van der Waals surface area contributed by atoms with Crippen LogP contribution in [0.15, 0.2) is 0 Å². The number of hydrogen-bond acceptors (Lipinski definition) is 5. The van der Waals surface area contributed by atoms with Crippen LogP contribution in [0.1, 0.15) is 521 Å². The smallest absolute Gasteiger partial charge is 0.306 e. The number of carbonyl (C=O) groups is 2. The van der Waals surface area contributed by atoms with Crippen LogP contribution in [0.4, 0.5) is 0 Å². The molecule has 1 atom stereocenters. The molecule has 5 nitrogen and oxygen atoms in total. The summed E-state index contributed by atoms with van der Waals surface area (Å²) >= 11 is 0. The highest BCUT2D eigenvalue weighted by Gasteiger charge is 2.16. The van der Waals surface area contributed by atoms with Crippen LogP contribution in [0, 0.1) is 0 Å². The monoisotopic (exact) mass is 1280 g/mol. The number of esters is 2. The molecule has 0 spiro atoms. The molecule has 0 aromatic heterocycles. The molecular formula is C86H170O5. The van der Waals surface area contributed by atoms with Crippen LogP contribution < -0.4 is 0 Å². The third kappa shape index (κ3) is 81.2. The molecule has 0 heterocycles. The Morgan fingerprint density at radius 2 is 0.341 bits per heavy atom. The zero-order valence-electron chi connectivity index (χ0n) is 62.9. The lowest BCUT2D eigenvalue weighted by atomic mass is 10.0. The van der Waals surface area contributed by atoms with E-state index in [-0.39, 0.29) is 25.2 Å². The summed E-state index contributed by atoms with van der Waals surface area (Å²) in [6, 6.07) is 0. The minimum atomic E-state index is -0.767. The molecule has 0 radical (unpaired) electrons. The molecule has 1 unspecified atom stereocenters. The van der Waals surface area contributed by atoms with Gasteiger partial charge in [0.2, 0.25) is 0 Å². The van der Waals surface area contributed by atoms with Crippen molar-refractivity contribution in [2.24, 2.45) is 0 Å². The van der Waals surface area contributed by atoms with E-state index in [9.17, 15) is 14.7 Å². The van der Waals surface area contributed by atoms with E-state index < -0.39 is 6.10 Å². The predicted molar refractivity (Wildman–Crippen MR) is 404 cm³/mol. The number of rotatable bonds is 83. The molecular weight excluding hydrogens is 1110 g/mol. The summed E-state index contributed by atoms with van der Waals surface area (Å²) in [5, 5.41) is 9.74. The summed E-state index contributed by atoms with van der Waals surface area (Å²) in [6.07, 6.45) is 108. The average molecular weight is 1280 g/mol. The molecule has 0 saturated heterocycles. The van der Waals surface area contributed by atoms with Crippen LogP contribution in [0.3, 0.4) is 0 Å². The number of ether oxygens (including phenoxy) is 2. The lowest BCUT2D eigenvalue weighted by Gasteiger charge is -2.15. The van der Waals surface area contributed by atoms with Crippen molar-refractivity contribution in [1.82, 2.24) is 0 Å². The van der Waals surface area contributed by atoms with Gasteiger partial charge in [0.25, 0.3) is 0 Å². The lowest BCUT2D eigenvalue weighted by molar-refractivity contribution is -0.161. The van der Waals surface area contributed by atoms with Crippen molar-refractivity contribution >= 4 is 11.9 Å². The molecule has 0 aliphatic carbocycles. The second kappa shape index (κ2) is 83.1. The first-order chi connectivity index (χ1) is 45.1. The normalized spacial score (nSPS) is 12.0. The summed E-state index contributed by atoms with van der Waals surface area (Å²) in [5.74, 6) is -0.554. The largest absolute Gasteiger partial charge is 0.462 e. The molecule has 0 aliphatic heterocycles. The fraction of sp³-hybridized carbons (Fsp3) is 0.977.